The van der Waals surface area contributed by atoms with Gasteiger partial charge in [-0.15, -0.1) is 11.6 Å². The third-order valence-corrected chi connectivity index (χ3v) is 3.92. The average Bonchev–Trinajstić information content (AvgIpc) is 2.85. The van der Waals surface area contributed by atoms with E-state index >= 15 is 0 Å². The summed E-state index contributed by atoms with van der Waals surface area (Å²) in [6.07, 6.45) is 0.0338. The van der Waals surface area contributed by atoms with Crippen molar-refractivity contribution in [3.63, 3.8) is 0 Å². The molecule has 1 heterocycles. The predicted molar refractivity (Wildman–Crippen MR) is 90.7 cm³/mol. The van der Waals surface area contributed by atoms with Gasteiger partial charge in [-0.25, -0.2) is 4.79 Å². The van der Waals surface area contributed by atoms with Crippen LogP contribution in [0, 0.1) is 5.92 Å². The lowest BCUT2D eigenvalue weighted by Crippen LogP contribution is -2.32. The van der Waals surface area contributed by atoms with Crippen molar-refractivity contribution in [3.05, 3.63) is 29.8 Å². The zero-order valence-corrected chi connectivity index (χ0v) is 14.5. The van der Waals surface area contributed by atoms with E-state index in [1.165, 1.54) is 0 Å². The number of alkyl halides is 1. The molecule has 0 saturated carbocycles. The second kappa shape index (κ2) is 7.21. The lowest BCUT2D eigenvalue weighted by atomic mass is 10.1. The van der Waals surface area contributed by atoms with Gasteiger partial charge in [0.1, 0.15) is 5.60 Å². The van der Waals surface area contributed by atoms with Gasteiger partial charge in [-0.1, -0.05) is 12.1 Å². The molecule has 1 saturated heterocycles. The molecular weight excluding hydrogens is 316 g/mol. The second-order valence-corrected chi connectivity index (χ2v) is 7.06. The van der Waals surface area contributed by atoms with Crippen molar-refractivity contribution >= 4 is 29.3 Å². The Morgan fingerprint density at radius 1 is 1.43 bits per heavy atom. The molecule has 0 aromatic heterocycles. The summed E-state index contributed by atoms with van der Waals surface area (Å²) in [6, 6.07) is 7.58. The summed E-state index contributed by atoms with van der Waals surface area (Å²) in [6.45, 7) is 6.45. The molecule has 5 nitrogen and oxygen atoms in total. The zero-order valence-electron chi connectivity index (χ0n) is 13.8. The summed E-state index contributed by atoms with van der Waals surface area (Å²) in [5, 5.41) is 2.72. The van der Waals surface area contributed by atoms with Gasteiger partial charge in [0.15, 0.2) is 0 Å². The van der Waals surface area contributed by atoms with E-state index in [2.05, 4.69) is 5.32 Å². The number of alkyl carbamates (subject to hydrolysis) is 1. The Morgan fingerprint density at radius 2 is 2.17 bits per heavy atom. The fraction of sp³-hybridized carbons (Fsp3) is 0.529. The number of ether oxygens (including phenoxy) is 1. The molecular formula is C17H23ClN2O3. The summed E-state index contributed by atoms with van der Waals surface area (Å²) in [5.74, 6) is 0.780. The fourth-order valence-corrected chi connectivity index (χ4v) is 2.66. The molecule has 1 atom stereocenters. The summed E-state index contributed by atoms with van der Waals surface area (Å²) in [4.78, 5) is 25.5. The molecule has 1 aromatic rings. The van der Waals surface area contributed by atoms with E-state index in [-0.39, 0.29) is 11.8 Å². The minimum absolute atomic E-state index is 0.0906. The molecule has 6 heteroatoms. The quantitative estimate of drug-likeness (QED) is 0.857. The minimum Gasteiger partial charge on any atom is -0.444 e. The standard InChI is InChI=1S/C17H23ClN2O3/c1-17(2,3)23-16(22)19-10-12-5-4-6-14(7-12)20-11-13(9-18)8-15(20)21/h4-7,13H,8-11H2,1-3H3,(H,19,22). The molecule has 1 fully saturated rings. The maximum absolute atomic E-state index is 12.1. The van der Waals surface area contributed by atoms with Crippen LogP contribution >= 0.6 is 11.6 Å². The van der Waals surface area contributed by atoms with Crippen molar-refractivity contribution in [1.29, 1.82) is 0 Å². The molecule has 2 rings (SSSR count). The van der Waals surface area contributed by atoms with Gasteiger partial charge >= 0.3 is 6.09 Å². The van der Waals surface area contributed by atoms with Crippen molar-refractivity contribution in [1.82, 2.24) is 5.32 Å². The highest BCUT2D eigenvalue weighted by atomic mass is 35.5. The number of hydrogen-bond acceptors (Lipinski definition) is 3. The van der Waals surface area contributed by atoms with Crippen LogP contribution in [0.25, 0.3) is 0 Å². The maximum atomic E-state index is 12.1. The number of amides is 2. The van der Waals surface area contributed by atoms with Crippen LogP contribution in [-0.2, 0) is 16.1 Å². The molecule has 126 valence electrons. The molecule has 1 aromatic carbocycles. The van der Waals surface area contributed by atoms with Gasteiger partial charge in [-0.2, -0.15) is 0 Å². The predicted octanol–water partition coefficient (Wildman–Crippen LogP) is 3.30. The maximum Gasteiger partial charge on any atom is 0.407 e. The van der Waals surface area contributed by atoms with Crippen LogP contribution in [-0.4, -0.2) is 30.0 Å². The SMILES string of the molecule is CC(C)(C)OC(=O)NCc1cccc(N2CC(CCl)CC2=O)c1. The molecule has 0 spiro atoms. The Balaban J connectivity index is 1.98. The molecule has 1 aliphatic heterocycles. The number of nitrogens with zero attached hydrogens (tertiary/aromatic N) is 1. The van der Waals surface area contributed by atoms with Gasteiger partial charge in [0, 0.05) is 31.1 Å². The topological polar surface area (TPSA) is 58.6 Å². The lowest BCUT2D eigenvalue weighted by Gasteiger charge is -2.20. The van der Waals surface area contributed by atoms with Gasteiger partial charge in [0.25, 0.3) is 0 Å². The van der Waals surface area contributed by atoms with Crippen molar-refractivity contribution in [2.45, 2.75) is 39.3 Å². The van der Waals surface area contributed by atoms with E-state index in [1.54, 1.807) is 4.90 Å². The number of halogens is 1. The summed E-state index contributed by atoms with van der Waals surface area (Å²) in [5.41, 5.74) is 1.23. The molecule has 0 radical (unpaired) electrons. The van der Waals surface area contributed by atoms with Gasteiger partial charge in [-0.05, 0) is 44.4 Å². The van der Waals surface area contributed by atoms with E-state index < -0.39 is 11.7 Å². The number of anilines is 1. The van der Waals surface area contributed by atoms with Crippen LogP contribution in [0.1, 0.15) is 32.8 Å². The van der Waals surface area contributed by atoms with Crippen LogP contribution in [0.3, 0.4) is 0 Å². The van der Waals surface area contributed by atoms with Gasteiger partial charge < -0.3 is 15.0 Å². The van der Waals surface area contributed by atoms with Crippen LogP contribution in [0.15, 0.2) is 24.3 Å². The van der Waals surface area contributed by atoms with E-state index in [9.17, 15) is 9.59 Å². The first-order valence-electron chi connectivity index (χ1n) is 7.70. The molecule has 0 bridgehead atoms. The second-order valence-electron chi connectivity index (χ2n) is 6.75. The highest BCUT2D eigenvalue weighted by Crippen LogP contribution is 2.26. The monoisotopic (exact) mass is 338 g/mol. The molecule has 1 unspecified atom stereocenters. The number of nitrogens with one attached hydrogen (secondary N) is 1. The molecule has 0 aliphatic carbocycles. The highest BCUT2D eigenvalue weighted by molar-refractivity contribution is 6.18. The number of carbonyl (C=O) groups excluding carboxylic acids is 2. The largest absolute Gasteiger partial charge is 0.444 e. The van der Waals surface area contributed by atoms with Gasteiger partial charge in [0.2, 0.25) is 5.91 Å². The van der Waals surface area contributed by atoms with Crippen LogP contribution in [0.4, 0.5) is 10.5 Å². The van der Waals surface area contributed by atoms with Crippen LogP contribution in [0.2, 0.25) is 0 Å². The lowest BCUT2D eigenvalue weighted by molar-refractivity contribution is -0.117. The first-order chi connectivity index (χ1) is 10.8. The molecule has 1 aliphatic rings. The first kappa shape index (κ1) is 17.6. The first-order valence-corrected chi connectivity index (χ1v) is 8.24. The van der Waals surface area contributed by atoms with Crippen molar-refractivity contribution in [2.24, 2.45) is 5.92 Å². The summed E-state index contributed by atoms with van der Waals surface area (Å²) < 4.78 is 5.21. The van der Waals surface area contributed by atoms with E-state index in [0.717, 1.165) is 11.3 Å². The molecule has 2 amide bonds. The smallest absolute Gasteiger partial charge is 0.407 e. The summed E-state index contributed by atoms with van der Waals surface area (Å²) in [7, 11) is 0. The Morgan fingerprint density at radius 3 is 2.78 bits per heavy atom. The highest BCUT2D eigenvalue weighted by Gasteiger charge is 2.29. The third kappa shape index (κ3) is 5.13. The Labute approximate surface area is 141 Å². The normalized spacial score (nSPS) is 18.2. The van der Waals surface area contributed by atoms with Crippen LogP contribution in [0.5, 0.6) is 0 Å². The molecule has 23 heavy (non-hydrogen) atoms. The number of rotatable bonds is 4. The fourth-order valence-electron chi connectivity index (χ4n) is 2.46. The van der Waals surface area contributed by atoms with Crippen molar-refractivity contribution < 1.29 is 14.3 Å². The molecule has 1 N–H and O–H groups in total. The number of carbonyl (C=O) groups is 2. The average molecular weight is 339 g/mol. The number of benzene rings is 1. The number of hydrogen-bond donors (Lipinski definition) is 1. The Kier molecular flexibility index (Phi) is 5.52. The van der Waals surface area contributed by atoms with Crippen molar-refractivity contribution in [3.8, 4) is 0 Å². The van der Waals surface area contributed by atoms with Crippen LogP contribution < -0.4 is 10.2 Å². The van der Waals surface area contributed by atoms with E-state index in [4.69, 9.17) is 16.3 Å². The van der Waals surface area contributed by atoms with E-state index in [0.29, 0.717) is 25.4 Å². The van der Waals surface area contributed by atoms with Gasteiger partial charge in [-0.3, -0.25) is 4.79 Å². The van der Waals surface area contributed by atoms with E-state index in [1.807, 2.05) is 45.0 Å². The Hall–Kier alpha value is -1.75. The summed E-state index contributed by atoms with van der Waals surface area (Å²) >= 11 is 5.85. The van der Waals surface area contributed by atoms with Crippen molar-refractivity contribution in [2.75, 3.05) is 17.3 Å². The third-order valence-electron chi connectivity index (χ3n) is 3.48. The minimum atomic E-state index is -0.523. The Bertz CT molecular complexity index is 583. The van der Waals surface area contributed by atoms with Gasteiger partial charge in [0.05, 0.1) is 0 Å². The zero-order chi connectivity index (χ0) is 17.0.